The zero-order valence-electron chi connectivity index (χ0n) is 12.0. The maximum absolute atomic E-state index is 12.1. The van der Waals surface area contributed by atoms with E-state index in [1.54, 1.807) is 24.3 Å². The highest BCUT2D eigenvalue weighted by atomic mass is 16.3. The van der Waals surface area contributed by atoms with Crippen LogP contribution in [0.25, 0.3) is 0 Å². The number of phenolic OH excluding ortho intramolecular Hbond substituents is 1. The number of pyridine rings is 1. The van der Waals surface area contributed by atoms with Gasteiger partial charge in [0, 0.05) is 17.8 Å². The van der Waals surface area contributed by atoms with Gasteiger partial charge in [0.25, 0.3) is 5.91 Å². The van der Waals surface area contributed by atoms with Crippen LogP contribution in [0.3, 0.4) is 0 Å². The third kappa shape index (κ3) is 4.21. The molecule has 21 heavy (non-hydrogen) atoms. The first kappa shape index (κ1) is 14.8. The molecule has 1 aromatic heterocycles. The number of carbonyl (C=O) groups is 1. The first-order valence-corrected chi connectivity index (χ1v) is 6.91. The standard InChI is InChI=1S/C16H19N3O2/c1-2-13-9-12(10-15(17)19-13)16(21)18-8-7-11-3-5-14(20)6-4-11/h3-6,9-10,20H,2,7-8H2,1H3,(H2,17,19)(H,18,21). The molecule has 0 aliphatic carbocycles. The predicted octanol–water partition coefficient (Wildman–Crippen LogP) is 1.90. The fraction of sp³-hybridized carbons (Fsp3) is 0.250. The summed E-state index contributed by atoms with van der Waals surface area (Å²) in [4.78, 5) is 16.2. The van der Waals surface area contributed by atoms with Crippen LogP contribution in [-0.4, -0.2) is 22.5 Å². The summed E-state index contributed by atoms with van der Waals surface area (Å²) in [6.45, 7) is 2.49. The summed E-state index contributed by atoms with van der Waals surface area (Å²) in [6, 6.07) is 10.3. The van der Waals surface area contributed by atoms with Crippen molar-refractivity contribution in [3.8, 4) is 5.75 Å². The molecular weight excluding hydrogens is 266 g/mol. The molecule has 1 amide bonds. The molecule has 0 aliphatic heterocycles. The Bertz CT molecular complexity index is 624. The van der Waals surface area contributed by atoms with Crippen molar-refractivity contribution < 1.29 is 9.90 Å². The Labute approximate surface area is 123 Å². The molecule has 0 saturated carbocycles. The Morgan fingerprint density at radius 1 is 1.29 bits per heavy atom. The van der Waals surface area contributed by atoms with Crippen LogP contribution in [0.4, 0.5) is 5.82 Å². The largest absolute Gasteiger partial charge is 0.508 e. The molecule has 1 heterocycles. The average Bonchev–Trinajstić information content (AvgIpc) is 2.48. The molecule has 0 saturated heterocycles. The van der Waals surface area contributed by atoms with Crippen molar-refractivity contribution in [3.05, 3.63) is 53.2 Å². The van der Waals surface area contributed by atoms with Crippen molar-refractivity contribution in [3.63, 3.8) is 0 Å². The van der Waals surface area contributed by atoms with E-state index in [2.05, 4.69) is 10.3 Å². The number of benzene rings is 1. The van der Waals surface area contributed by atoms with Gasteiger partial charge in [0.05, 0.1) is 0 Å². The maximum Gasteiger partial charge on any atom is 0.251 e. The van der Waals surface area contributed by atoms with Crippen LogP contribution in [0.5, 0.6) is 5.75 Å². The van der Waals surface area contributed by atoms with Crippen molar-refractivity contribution in [1.29, 1.82) is 0 Å². The number of carbonyl (C=O) groups excluding carboxylic acids is 1. The van der Waals surface area contributed by atoms with Gasteiger partial charge in [0.1, 0.15) is 11.6 Å². The Morgan fingerprint density at radius 2 is 2.00 bits per heavy atom. The number of aromatic hydroxyl groups is 1. The lowest BCUT2D eigenvalue weighted by Crippen LogP contribution is -2.26. The van der Waals surface area contributed by atoms with Crippen LogP contribution in [0, 0.1) is 0 Å². The molecule has 0 aliphatic rings. The van der Waals surface area contributed by atoms with Crippen LogP contribution in [0.1, 0.15) is 28.5 Å². The Kier molecular flexibility index (Phi) is 4.77. The monoisotopic (exact) mass is 285 g/mol. The zero-order chi connectivity index (χ0) is 15.2. The van der Waals surface area contributed by atoms with Gasteiger partial charge in [-0.2, -0.15) is 0 Å². The van der Waals surface area contributed by atoms with Gasteiger partial charge in [0.15, 0.2) is 0 Å². The van der Waals surface area contributed by atoms with Crippen LogP contribution in [0.2, 0.25) is 0 Å². The van der Waals surface area contributed by atoms with Crippen LogP contribution in [0.15, 0.2) is 36.4 Å². The minimum absolute atomic E-state index is 0.155. The van der Waals surface area contributed by atoms with Crippen LogP contribution >= 0.6 is 0 Å². The highest BCUT2D eigenvalue weighted by molar-refractivity contribution is 5.94. The van der Waals surface area contributed by atoms with Gasteiger partial charge in [0.2, 0.25) is 0 Å². The highest BCUT2D eigenvalue weighted by Crippen LogP contribution is 2.10. The van der Waals surface area contributed by atoms with E-state index >= 15 is 0 Å². The molecule has 2 aromatic rings. The molecule has 0 bridgehead atoms. The summed E-state index contributed by atoms with van der Waals surface area (Å²) < 4.78 is 0. The number of hydrogen-bond acceptors (Lipinski definition) is 4. The topological polar surface area (TPSA) is 88.2 Å². The van der Waals surface area contributed by atoms with E-state index in [1.807, 2.05) is 19.1 Å². The van der Waals surface area contributed by atoms with Gasteiger partial charge in [-0.3, -0.25) is 4.79 Å². The van der Waals surface area contributed by atoms with Crippen molar-refractivity contribution >= 4 is 11.7 Å². The average molecular weight is 285 g/mol. The molecule has 5 nitrogen and oxygen atoms in total. The summed E-state index contributed by atoms with van der Waals surface area (Å²) in [5.74, 6) is 0.442. The van der Waals surface area contributed by atoms with E-state index in [0.29, 0.717) is 24.3 Å². The van der Waals surface area contributed by atoms with E-state index < -0.39 is 0 Å². The van der Waals surface area contributed by atoms with E-state index in [0.717, 1.165) is 17.7 Å². The minimum Gasteiger partial charge on any atom is -0.508 e. The van der Waals surface area contributed by atoms with Gasteiger partial charge in [-0.05, 0) is 42.7 Å². The van der Waals surface area contributed by atoms with Crippen molar-refractivity contribution in [1.82, 2.24) is 10.3 Å². The highest BCUT2D eigenvalue weighted by Gasteiger charge is 2.08. The normalized spacial score (nSPS) is 10.3. The molecule has 4 N–H and O–H groups in total. The molecule has 0 fully saturated rings. The predicted molar refractivity (Wildman–Crippen MR) is 82.2 cm³/mol. The summed E-state index contributed by atoms with van der Waals surface area (Å²) in [5.41, 5.74) is 8.08. The van der Waals surface area contributed by atoms with Crippen molar-refractivity contribution in [2.24, 2.45) is 0 Å². The van der Waals surface area contributed by atoms with E-state index in [4.69, 9.17) is 5.73 Å². The number of rotatable bonds is 5. The SMILES string of the molecule is CCc1cc(C(=O)NCCc2ccc(O)cc2)cc(N)n1. The summed E-state index contributed by atoms with van der Waals surface area (Å²) in [7, 11) is 0. The van der Waals surface area contributed by atoms with Gasteiger partial charge in [-0.15, -0.1) is 0 Å². The third-order valence-corrected chi connectivity index (χ3v) is 3.16. The second-order valence-electron chi connectivity index (χ2n) is 4.80. The molecule has 0 atom stereocenters. The van der Waals surface area contributed by atoms with E-state index in [1.165, 1.54) is 0 Å². The number of phenols is 1. The second kappa shape index (κ2) is 6.74. The minimum atomic E-state index is -0.155. The number of nitrogens with one attached hydrogen (secondary N) is 1. The maximum atomic E-state index is 12.1. The van der Waals surface area contributed by atoms with Gasteiger partial charge in [-0.1, -0.05) is 19.1 Å². The Balaban J connectivity index is 1.92. The Hall–Kier alpha value is -2.56. The van der Waals surface area contributed by atoms with Crippen molar-refractivity contribution in [2.75, 3.05) is 12.3 Å². The van der Waals surface area contributed by atoms with E-state index in [-0.39, 0.29) is 11.7 Å². The van der Waals surface area contributed by atoms with Crippen LogP contribution in [-0.2, 0) is 12.8 Å². The lowest BCUT2D eigenvalue weighted by molar-refractivity contribution is 0.0954. The zero-order valence-corrected chi connectivity index (χ0v) is 12.0. The first-order chi connectivity index (χ1) is 10.1. The lowest BCUT2D eigenvalue weighted by Gasteiger charge is -2.07. The molecule has 2 rings (SSSR count). The first-order valence-electron chi connectivity index (χ1n) is 6.91. The number of nitrogens with zero attached hydrogens (tertiary/aromatic N) is 1. The molecule has 5 heteroatoms. The molecule has 0 spiro atoms. The van der Waals surface area contributed by atoms with Gasteiger partial charge in [-0.25, -0.2) is 4.98 Å². The molecule has 0 unspecified atom stereocenters. The number of nitrogens with two attached hydrogens (primary N) is 1. The quantitative estimate of drug-likeness (QED) is 0.783. The molecule has 110 valence electrons. The number of hydrogen-bond donors (Lipinski definition) is 3. The third-order valence-electron chi connectivity index (χ3n) is 3.16. The fourth-order valence-corrected chi connectivity index (χ4v) is 2.01. The number of aryl methyl sites for hydroxylation is 1. The number of aromatic nitrogens is 1. The number of anilines is 1. The molecule has 0 radical (unpaired) electrons. The summed E-state index contributed by atoms with van der Waals surface area (Å²) in [6.07, 6.45) is 1.44. The smallest absolute Gasteiger partial charge is 0.251 e. The number of nitrogen functional groups attached to an aromatic ring is 1. The lowest BCUT2D eigenvalue weighted by atomic mass is 10.1. The van der Waals surface area contributed by atoms with E-state index in [9.17, 15) is 9.90 Å². The van der Waals surface area contributed by atoms with Gasteiger partial charge >= 0.3 is 0 Å². The summed E-state index contributed by atoms with van der Waals surface area (Å²) in [5, 5.41) is 12.1. The molecular formula is C16H19N3O2. The molecule has 1 aromatic carbocycles. The van der Waals surface area contributed by atoms with Crippen molar-refractivity contribution in [2.45, 2.75) is 19.8 Å². The summed E-state index contributed by atoms with van der Waals surface area (Å²) >= 11 is 0. The second-order valence-corrected chi connectivity index (χ2v) is 4.80. The van der Waals surface area contributed by atoms with Gasteiger partial charge < -0.3 is 16.2 Å². The van der Waals surface area contributed by atoms with Crippen LogP contribution < -0.4 is 11.1 Å². The number of amides is 1. The Morgan fingerprint density at radius 3 is 2.67 bits per heavy atom. The fourth-order valence-electron chi connectivity index (χ4n) is 2.01.